The van der Waals surface area contributed by atoms with Gasteiger partial charge in [-0.3, -0.25) is 9.20 Å². The molecule has 0 radical (unpaired) electrons. The van der Waals surface area contributed by atoms with Crippen molar-refractivity contribution >= 4 is 51.5 Å². The molecule has 0 bridgehead atoms. The smallest absolute Gasteiger partial charge is 0.328 e. The maximum absolute atomic E-state index is 13.2. The van der Waals surface area contributed by atoms with Gasteiger partial charge in [-0.05, 0) is 32.4 Å². The number of hydrogen-bond acceptors (Lipinski definition) is 8. The highest BCUT2D eigenvalue weighted by Gasteiger charge is 2.24. The topological polar surface area (TPSA) is 116 Å². The molecule has 36 heavy (non-hydrogen) atoms. The number of aryl methyl sites for hydroxylation is 1. The zero-order valence-electron chi connectivity index (χ0n) is 20.5. The lowest BCUT2D eigenvalue weighted by Gasteiger charge is -2.16. The summed E-state index contributed by atoms with van der Waals surface area (Å²) in [6.07, 6.45) is 1.53. The molecule has 188 valence electrons. The van der Waals surface area contributed by atoms with Crippen molar-refractivity contribution in [3.63, 3.8) is 0 Å². The minimum atomic E-state index is -0.865. The molecule has 4 aromatic rings. The van der Waals surface area contributed by atoms with Gasteiger partial charge in [0.15, 0.2) is 17.3 Å². The molecule has 2 N–H and O–H groups in total. The van der Waals surface area contributed by atoms with Gasteiger partial charge in [-0.1, -0.05) is 23.7 Å². The number of rotatable bonds is 8. The molecule has 11 heteroatoms. The van der Waals surface area contributed by atoms with E-state index >= 15 is 0 Å². The van der Waals surface area contributed by atoms with E-state index in [4.69, 9.17) is 30.8 Å². The van der Waals surface area contributed by atoms with Crippen LogP contribution in [0.2, 0.25) is 5.02 Å². The fourth-order valence-electron chi connectivity index (χ4n) is 3.81. The lowest BCUT2D eigenvalue weighted by atomic mass is 10.2. The van der Waals surface area contributed by atoms with Crippen LogP contribution in [0.4, 0.5) is 11.5 Å². The van der Waals surface area contributed by atoms with E-state index in [-0.39, 0.29) is 12.4 Å². The van der Waals surface area contributed by atoms with Gasteiger partial charge in [0.1, 0.15) is 11.6 Å². The number of nitrogens with one attached hydrogen (secondary N) is 2. The average Bonchev–Trinajstić information content (AvgIpc) is 3.31. The predicted molar refractivity (Wildman–Crippen MR) is 137 cm³/mol. The van der Waals surface area contributed by atoms with Gasteiger partial charge in [0, 0.05) is 12.1 Å². The highest BCUT2D eigenvalue weighted by atomic mass is 35.5. The third-order valence-electron chi connectivity index (χ3n) is 5.61. The molecule has 1 unspecified atom stereocenters. The van der Waals surface area contributed by atoms with Gasteiger partial charge in [0.05, 0.1) is 48.8 Å². The minimum Gasteiger partial charge on any atom is -0.493 e. The first-order valence-electron chi connectivity index (χ1n) is 11.2. The first-order valence-corrected chi connectivity index (χ1v) is 11.6. The molecular formula is C25H26ClN5O5. The van der Waals surface area contributed by atoms with Crippen LogP contribution >= 0.6 is 11.6 Å². The molecule has 1 atom stereocenters. The van der Waals surface area contributed by atoms with Crippen molar-refractivity contribution in [2.24, 2.45) is 0 Å². The van der Waals surface area contributed by atoms with Gasteiger partial charge in [0.25, 0.3) is 5.91 Å². The van der Waals surface area contributed by atoms with Crippen LogP contribution in [0.3, 0.4) is 0 Å². The van der Waals surface area contributed by atoms with E-state index in [0.29, 0.717) is 44.6 Å². The van der Waals surface area contributed by atoms with E-state index in [0.717, 1.165) is 5.56 Å². The number of ether oxygens (including phenoxy) is 3. The number of imidazole rings is 1. The Bertz CT molecular complexity index is 1450. The number of fused-ring (bicyclic) bond motifs is 3. The van der Waals surface area contributed by atoms with Crippen molar-refractivity contribution in [2.75, 3.05) is 26.1 Å². The maximum atomic E-state index is 13.2. The number of hydrogen-bond donors (Lipinski definition) is 2. The van der Waals surface area contributed by atoms with Crippen LogP contribution in [0.5, 0.6) is 11.5 Å². The normalized spacial score (nSPS) is 11.8. The third-order valence-corrected chi connectivity index (χ3v) is 5.93. The first-order chi connectivity index (χ1) is 17.3. The zero-order chi connectivity index (χ0) is 26.0. The second-order valence-corrected chi connectivity index (χ2v) is 8.37. The summed E-state index contributed by atoms with van der Waals surface area (Å²) in [6, 6.07) is 8.11. The Morgan fingerprint density at radius 2 is 1.86 bits per heavy atom. The molecule has 2 heterocycles. The van der Waals surface area contributed by atoms with E-state index in [1.54, 1.807) is 36.4 Å². The summed E-state index contributed by atoms with van der Waals surface area (Å²) in [5.74, 6) is 0.309. The van der Waals surface area contributed by atoms with Crippen molar-refractivity contribution in [3.05, 3.63) is 52.9 Å². The van der Waals surface area contributed by atoms with Gasteiger partial charge in [-0.15, -0.1) is 0 Å². The number of carbonyl (C=O) groups is 2. The molecule has 0 fully saturated rings. The predicted octanol–water partition coefficient (Wildman–Crippen LogP) is 4.29. The van der Waals surface area contributed by atoms with Crippen molar-refractivity contribution in [2.45, 2.75) is 26.8 Å². The van der Waals surface area contributed by atoms with Crippen LogP contribution in [0, 0.1) is 6.92 Å². The van der Waals surface area contributed by atoms with Crippen molar-refractivity contribution in [3.8, 4) is 11.5 Å². The van der Waals surface area contributed by atoms with Crippen LogP contribution in [0.1, 0.15) is 30.0 Å². The Balaban J connectivity index is 1.92. The summed E-state index contributed by atoms with van der Waals surface area (Å²) in [6.45, 7) is 5.38. The summed E-state index contributed by atoms with van der Waals surface area (Å²) in [5.41, 5.74) is 3.17. The molecule has 10 nitrogen and oxygen atoms in total. The fourth-order valence-corrected chi connectivity index (χ4v) is 4.08. The van der Waals surface area contributed by atoms with Gasteiger partial charge in [-0.2, -0.15) is 0 Å². The highest BCUT2D eigenvalue weighted by molar-refractivity contribution is 6.33. The number of anilines is 2. The summed E-state index contributed by atoms with van der Waals surface area (Å²) in [5, 5.41) is 6.45. The maximum Gasteiger partial charge on any atom is 0.328 e. The molecule has 2 aromatic heterocycles. The molecule has 0 aliphatic heterocycles. The van der Waals surface area contributed by atoms with Crippen LogP contribution in [0.15, 0.2) is 36.5 Å². The summed E-state index contributed by atoms with van der Waals surface area (Å²) >= 11 is 6.45. The zero-order valence-corrected chi connectivity index (χ0v) is 21.3. The number of halogens is 1. The molecule has 0 aliphatic rings. The van der Waals surface area contributed by atoms with E-state index in [1.165, 1.54) is 20.4 Å². The molecule has 4 rings (SSSR count). The van der Waals surface area contributed by atoms with Crippen LogP contribution < -0.4 is 20.1 Å². The number of benzene rings is 2. The number of esters is 1. The minimum absolute atomic E-state index is 0.0553. The SMILES string of the molecule is CCOC(=O)C(C)NC(=O)c1ncc2c(Nc3c(C)cccc3Cl)nc3cc(OC)c(OC)cc3n12. The van der Waals surface area contributed by atoms with Gasteiger partial charge < -0.3 is 24.8 Å². The number of aromatic nitrogens is 3. The molecule has 0 saturated carbocycles. The standard InChI is InChI=1S/C25H26ClN5O5/c1-6-36-25(33)14(3)28-24(32)23-27-12-18-22(30-21-13(2)8-7-9-15(21)26)29-16-10-19(34-4)20(35-5)11-17(16)31(18)23/h7-12,14H,6H2,1-5H3,(H,28,32)(H,29,30). The first kappa shape index (κ1) is 25.1. The highest BCUT2D eigenvalue weighted by Crippen LogP contribution is 2.36. The number of carbonyl (C=O) groups excluding carboxylic acids is 2. The van der Waals surface area contributed by atoms with Crippen molar-refractivity contribution in [1.82, 2.24) is 19.7 Å². The number of para-hydroxylation sites is 1. The van der Waals surface area contributed by atoms with Crippen molar-refractivity contribution in [1.29, 1.82) is 0 Å². The van der Waals surface area contributed by atoms with Crippen LogP contribution in [-0.4, -0.2) is 53.1 Å². The largest absolute Gasteiger partial charge is 0.493 e. The number of methoxy groups -OCH3 is 2. The lowest BCUT2D eigenvalue weighted by molar-refractivity contribution is -0.144. The molecule has 0 aliphatic carbocycles. The Kier molecular flexibility index (Phi) is 7.16. The Morgan fingerprint density at radius 3 is 2.53 bits per heavy atom. The van der Waals surface area contributed by atoms with Gasteiger partial charge in [-0.25, -0.2) is 14.8 Å². The van der Waals surface area contributed by atoms with Crippen LogP contribution in [0.25, 0.3) is 16.6 Å². The molecule has 0 saturated heterocycles. The Morgan fingerprint density at radius 1 is 1.14 bits per heavy atom. The number of nitrogens with zero attached hydrogens (tertiary/aromatic N) is 3. The second kappa shape index (κ2) is 10.3. The Hall–Kier alpha value is -4.05. The monoisotopic (exact) mass is 511 g/mol. The Labute approximate surface area is 212 Å². The summed E-state index contributed by atoms with van der Waals surface area (Å²) in [7, 11) is 3.05. The molecule has 0 spiro atoms. The van der Waals surface area contributed by atoms with E-state index in [9.17, 15) is 9.59 Å². The van der Waals surface area contributed by atoms with Gasteiger partial charge >= 0.3 is 5.97 Å². The molecule has 1 amide bonds. The quantitative estimate of drug-likeness (QED) is 0.337. The van der Waals surface area contributed by atoms with E-state index in [2.05, 4.69) is 15.6 Å². The average molecular weight is 512 g/mol. The summed E-state index contributed by atoms with van der Waals surface area (Å²) < 4.78 is 17.6. The summed E-state index contributed by atoms with van der Waals surface area (Å²) in [4.78, 5) is 34.4. The second-order valence-electron chi connectivity index (χ2n) is 7.96. The number of amides is 1. The van der Waals surface area contributed by atoms with E-state index < -0.39 is 17.9 Å². The van der Waals surface area contributed by atoms with E-state index in [1.807, 2.05) is 19.1 Å². The van der Waals surface area contributed by atoms with Crippen molar-refractivity contribution < 1.29 is 23.8 Å². The van der Waals surface area contributed by atoms with Crippen LogP contribution in [-0.2, 0) is 9.53 Å². The molecular weight excluding hydrogens is 486 g/mol. The fraction of sp³-hybridized carbons (Fsp3) is 0.280. The van der Waals surface area contributed by atoms with Gasteiger partial charge in [0.2, 0.25) is 5.82 Å². The molecule has 2 aromatic carbocycles. The third kappa shape index (κ3) is 4.59. The lowest BCUT2D eigenvalue weighted by Crippen LogP contribution is -2.40.